The number of nitrogens with zero attached hydrogens (tertiary/aromatic N) is 1. The minimum absolute atomic E-state index is 0.478. The van der Waals surface area contributed by atoms with Crippen LogP contribution in [0.2, 0.25) is 0 Å². The molecule has 2 atom stereocenters. The van der Waals surface area contributed by atoms with Crippen molar-refractivity contribution in [2.75, 3.05) is 13.2 Å². The van der Waals surface area contributed by atoms with Crippen LogP contribution in [0.15, 0.2) is 91.0 Å². The number of hydrogen-bond acceptors (Lipinski definition) is 7. The molecule has 0 fully saturated rings. The van der Waals surface area contributed by atoms with Crippen molar-refractivity contribution in [3.05, 3.63) is 108 Å². The Morgan fingerprint density at radius 3 is 1.62 bits per heavy atom. The topological polar surface area (TPSA) is 165 Å². The molecule has 3 aromatic carbocycles. The molecule has 0 bridgehead atoms. The van der Waals surface area contributed by atoms with Crippen molar-refractivity contribution in [1.29, 1.82) is 0 Å². The van der Waals surface area contributed by atoms with E-state index in [1.165, 1.54) is 0 Å². The Labute approximate surface area is 245 Å². The second-order valence-corrected chi connectivity index (χ2v) is 10.8. The molecule has 0 heterocycles. The summed E-state index contributed by atoms with van der Waals surface area (Å²) in [7, 11) is 0. The van der Waals surface area contributed by atoms with Gasteiger partial charge in [0.15, 0.2) is 6.04 Å². The van der Waals surface area contributed by atoms with Gasteiger partial charge < -0.3 is 26.6 Å². The van der Waals surface area contributed by atoms with Crippen LogP contribution in [0, 0.1) is 0 Å². The average molecular weight is 575 g/mol. The number of carbonyl (C=O) groups excluding carboxylic acids is 3. The highest BCUT2D eigenvalue weighted by atomic mass is 16.5. The number of carbonyl (C=O) groups is 4. The highest BCUT2D eigenvalue weighted by molar-refractivity contribution is 6.03. The number of hydrogen-bond donors (Lipinski definition) is 4. The maximum absolute atomic E-state index is 13.7. The highest BCUT2D eigenvalue weighted by Gasteiger charge is 2.41. The molecule has 0 unspecified atom stereocenters. The summed E-state index contributed by atoms with van der Waals surface area (Å²) in [5.74, 6) is -4.06. The fourth-order valence-electron chi connectivity index (χ4n) is 4.64. The lowest BCUT2D eigenvalue weighted by molar-refractivity contribution is -0.163. The van der Waals surface area contributed by atoms with Crippen LogP contribution >= 0.6 is 0 Å². The lowest BCUT2D eigenvalue weighted by atomic mass is 9.77. The third-order valence-corrected chi connectivity index (χ3v) is 6.62. The summed E-state index contributed by atoms with van der Waals surface area (Å²) in [6, 6.07) is 24.9. The normalized spacial score (nSPS) is 13.1. The minimum Gasteiger partial charge on any atom is -0.480 e. The molecule has 0 aliphatic carbocycles. The molecular formula is C32H38N4O6. The van der Waals surface area contributed by atoms with E-state index < -0.39 is 66.5 Å². The molecule has 6 N–H and O–H groups in total. The van der Waals surface area contributed by atoms with E-state index in [0.29, 0.717) is 4.90 Å². The zero-order valence-corrected chi connectivity index (χ0v) is 24.0. The predicted octanol–water partition coefficient (Wildman–Crippen LogP) is 2.39. The van der Waals surface area contributed by atoms with Gasteiger partial charge in [0, 0.05) is 0 Å². The largest absolute Gasteiger partial charge is 0.480 e. The number of nitrogens with one attached hydrogen (secondary N) is 1. The first kappa shape index (κ1) is 32.1. The zero-order valence-electron chi connectivity index (χ0n) is 24.0. The fourth-order valence-corrected chi connectivity index (χ4v) is 4.64. The minimum atomic E-state index is -1.68. The van der Waals surface area contributed by atoms with Crippen LogP contribution in [0.3, 0.4) is 0 Å². The number of rotatable bonds is 12. The first-order valence-electron chi connectivity index (χ1n) is 13.6. The predicted molar refractivity (Wildman–Crippen MR) is 158 cm³/mol. The number of imide groups is 1. The smallest absolute Gasteiger partial charge is 0.329 e. The number of benzene rings is 3. The molecule has 0 radical (unpaired) electrons. The summed E-state index contributed by atoms with van der Waals surface area (Å²) < 4.78 is 5.56. The van der Waals surface area contributed by atoms with Crippen molar-refractivity contribution in [3.63, 3.8) is 0 Å². The molecule has 0 aliphatic rings. The van der Waals surface area contributed by atoms with Crippen LogP contribution in [-0.2, 0) is 29.5 Å². The zero-order chi connectivity index (χ0) is 30.9. The van der Waals surface area contributed by atoms with Crippen molar-refractivity contribution in [3.8, 4) is 0 Å². The summed E-state index contributed by atoms with van der Waals surface area (Å²) in [5, 5.41) is 12.9. The van der Waals surface area contributed by atoms with Gasteiger partial charge in [-0.25, -0.2) is 4.79 Å². The van der Waals surface area contributed by atoms with Gasteiger partial charge in [-0.1, -0.05) is 91.0 Å². The molecular weight excluding hydrogens is 536 g/mol. The van der Waals surface area contributed by atoms with E-state index >= 15 is 0 Å². The van der Waals surface area contributed by atoms with Crippen molar-refractivity contribution >= 4 is 23.7 Å². The molecule has 0 aromatic heterocycles. The number of nitrogens with two attached hydrogens (primary N) is 2. The van der Waals surface area contributed by atoms with Gasteiger partial charge in [-0.05, 0) is 37.5 Å². The van der Waals surface area contributed by atoms with Gasteiger partial charge in [0.2, 0.25) is 17.7 Å². The van der Waals surface area contributed by atoms with Crippen molar-refractivity contribution in [2.24, 2.45) is 11.5 Å². The molecule has 0 aliphatic heterocycles. The molecule has 3 amide bonds. The van der Waals surface area contributed by atoms with Crippen LogP contribution in [0.4, 0.5) is 0 Å². The van der Waals surface area contributed by atoms with E-state index in [4.69, 9.17) is 16.2 Å². The number of amides is 3. The molecule has 0 spiro atoms. The molecule has 3 aromatic rings. The molecule has 0 saturated carbocycles. The van der Waals surface area contributed by atoms with Crippen LogP contribution < -0.4 is 16.8 Å². The molecule has 10 heteroatoms. The average Bonchev–Trinajstić information content (AvgIpc) is 2.98. The van der Waals surface area contributed by atoms with Gasteiger partial charge in [-0.15, -0.1) is 0 Å². The summed E-state index contributed by atoms with van der Waals surface area (Å²) in [5.41, 5.74) is 12.1. The Kier molecular flexibility index (Phi) is 10.7. The summed E-state index contributed by atoms with van der Waals surface area (Å²) in [6.45, 7) is 4.00. The van der Waals surface area contributed by atoms with E-state index in [0.717, 1.165) is 16.7 Å². The van der Waals surface area contributed by atoms with E-state index in [1.54, 1.807) is 20.8 Å². The summed E-state index contributed by atoms with van der Waals surface area (Å²) in [4.78, 5) is 52.4. The van der Waals surface area contributed by atoms with Gasteiger partial charge in [-0.3, -0.25) is 19.3 Å². The Morgan fingerprint density at radius 2 is 1.26 bits per heavy atom. The Hall–Kier alpha value is -4.38. The SMILES string of the molecule is CC(C)(C)OC[C@@H](C(=O)O)N(C(=O)CN)C(=O)[C@@H](N)CC(=O)NC(c1ccccc1)(c1ccccc1)c1ccccc1. The third-order valence-electron chi connectivity index (χ3n) is 6.62. The van der Waals surface area contributed by atoms with E-state index in [-0.39, 0.29) is 0 Å². The fraction of sp³-hybridized carbons (Fsp3) is 0.312. The van der Waals surface area contributed by atoms with E-state index in [2.05, 4.69) is 5.32 Å². The molecule has 222 valence electrons. The van der Waals surface area contributed by atoms with Crippen LogP contribution in [0.25, 0.3) is 0 Å². The van der Waals surface area contributed by atoms with E-state index in [9.17, 15) is 24.3 Å². The third kappa shape index (κ3) is 7.67. The van der Waals surface area contributed by atoms with Crippen LogP contribution in [0.5, 0.6) is 0 Å². The monoisotopic (exact) mass is 574 g/mol. The molecule has 0 saturated heterocycles. The van der Waals surface area contributed by atoms with E-state index in [1.807, 2.05) is 91.0 Å². The van der Waals surface area contributed by atoms with Gasteiger partial charge in [0.05, 0.1) is 31.2 Å². The van der Waals surface area contributed by atoms with Crippen molar-refractivity contribution in [2.45, 2.75) is 50.4 Å². The molecule has 10 nitrogen and oxygen atoms in total. The highest BCUT2D eigenvalue weighted by Crippen LogP contribution is 2.36. The van der Waals surface area contributed by atoms with Gasteiger partial charge >= 0.3 is 5.97 Å². The first-order valence-corrected chi connectivity index (χ1v) is 13.6. The Morgan fingerprint density at radius 1 is 0.833 bits per heavy atom. The van der Waals surface area contributed by atoms with Crippen LogP contribution in [-0.4, -0.2) is 64.5 Å². The number of ether oxygens (including phenoxy) is 1. The lowest BCUT2D eigenvalue weighted by Crippen LogP contribution is -2.58. The Balaban J connectivity index is 1.97. The number of carboxylic acids is 1. The maximum atomic E-state index is 13.7. The van der Waals surface area contributed by atoms with Gasteiger partial charge in [-0.2, -0.15) is 0 Å². The van der Waals surface area contributed by atoms with Crippen molar-refractivity contribution in [1.82, 2.24) is 10.2 Å². The van der Waals surface area contributed by atoms with Crippen molar-refractivity contribution < 1.29 is 29.0 Å². The quantitative estimate of drug-likeness (QED) is 0.239. The summed E-state index contributed by atoms with van der Waals surface area (Å²) in [6.07, 6.45) is -0.534. The second-order valence-electron chi connectivity index (χ2n) is 10.8. The van der Waals surface area contributed by atoms with Crippen LogP contribution in [0.1, 0.15) is 43.9 Å². The number of carboxylic acid groups (broad SMARTS) is 1. The van der Waals surface area contributed by atoms with Gasteiger partial charge in [0.1, 0.15) is 5.54 Å². The van der Waals surface area contributed by atoms with Gasteiger partial charge in [0.25, 0.3) is 0 Å². The molecule has 42 heavy (non-hydrogen) atoms. The lowest BCUT2D eigenvalue weighted by Gasteiger charge is -2.37. The second kappa shape index (κ2) is 14.0. The first-order chi connectivity index (χ1) is 19.9. The Bertz CT molecular complexity index is 1260. The number of aliphatic carboxylic acids is 1. The standard InChI is InChI=1S/C32H38N4O6/c1-31(2,3)42-21-26(30(40)41)36(28(38)20-33)29(39)25(34)19-27(37)35-32(22-13-7-4-8-14-22,23-15-9-5-10-16-23)24-17-11-6-12-18-24/h4-18,25-26H,19-21,33-34H2,1-3H3,(H,35,37)(H,40,41)/t25-,26-/m0/s1. The molecule has 3 rings (SSSR count). The maximum Gasteiger partial charge on any atom is 0.329 e. The summed E-state index contributed by atoms with van der Waals surface area (Å²) >= 11 is 0.